The van der Waals surface area contributed by atoms with Gasteiger partial charge in [-0.05, 0) is 45.2 Å². The second-order valence-electron chi connectivity index (χ2n) is 10.8. The van der Waals surface area contributed by atoms with Crippen LogP contribution in [-0.2, 0) is 27.7 Å². The Labute approximate surface area is 245 Å². The number of hydrogen-bond donors (Lipinski definition) is 2. The number of nitrogens with one attached hydrogen (secondary N) is 1. The smallest absolute Gasteiger partial charge is 0.481 e. The Bertz CT molecular complexity index is 1600. The van der Waals surface area contributed by atoms with Gasteiger partial charge in [0, 0.05) is 18.1 Å². The van der Waals surface area contributed by atoms with Gasteiger partial charge < -0.3 is 14.4 Å². The lowest BCUT2D eigenvalue weighted by Crippen LogP contribution is -2.42. The molecule has 18 heteroatoms. The van der Waals surface area contributed by atoms with Crippen molar-refractivity contribution in [2.24, 2.45) is 11.3 Å². The highest BCUT2D eigenvalue weighted by molar-refractivity contribution is 7.89. The molecule has 0 aliphatic heterocycles. The molecule has 43 heavy (non-hydrogen) atoms. The highest BCUT2D eigenvalue weighted by Gasteiger charge is 2.40. The number of carbonyl (C=O) groups is 1. The van der Waals surface area contributed by atoms with E-state index in [1.165, 1.54) is 18.6 Å². The minimum atomic E-state index is -5.27. The first-order valence-corrected chi connectivity index (χ1v) is 15.1. The Morgan fingerprint density at radius 3 is 2.42 bits per heavy atom. The molecule has 1 aliphatic rings. The number of nitrogens with zero attached hydrogens (tertiary/aromatic N) is 3. The Morgan fingerprint density at radius 1 is 1.19 bits per heavy atom. The van der Waals surface area contributed by atoms with Crippen LogP contribution in [0.3, 0.4) is 0 Å². The van der Waals surface area contributed by atoms with Crippen molar-refractivity contribution in [2.75, 3.05) is 0 Å². The third-order valence-corrected chi connectivity index (χ3v) is 9.46. The normalized spacial score (nSPS) is 15.7. The zero-order valence-corrected chi connectivity index (χ0v) is 24.5. The van der Waals surface area contributed by atoms with Crippen LogP contribution in [0, 0.1) is 11.3 Å². The summed E-state index contributed by atoms with van der Waals surface area (Å²) < 4.78 is 115. The summed E-state index contributed by atoms with van der Waals surface area (Å²) in [7, 11) is -4.90. The van der Waals surface area contributed by atoms with Crippen molar-refractivity contribution in [3.63, 3.8) is 0 Å². The molecular weight excluding hydrogens is 630 g/mol. The number of carboxylic acids is 1. The standard InChI is InChI=1S/C25H26F6N4O6S2/c1-12(24(26,27)28)35-43(38,39)14-7-8-15(17(10-14)40-25(29,30)31)19-16(9-13-5-4-6-13)32-21(42-19)20-33-18(41-34-20)11-23(2,3)22(36)37/h7-8,10,12-13,35H,4-6,9,11H2,1-3H3,(H,36,37)/t12-/m0/s1. The van der Waals surface area contributed by atoms with Gasteiger partial charge in [0.2, 0.25) is 21.7 Å². The monoisotopic (exact) mass is 656 g/mol. The maximum atomic E-state index is 13.4. The molecule has 1 fully saturated rings. The molecule has 10 nitrogen and oxygen atoms in total. The van der Waals surface area contributed by atoms with E-state index in [2.05, 4.69) is 19.9 Å². The molecule has 2 N–H and O–H groups in total. The molecule has 0 amide bonds. The van der Waals surface area contributed by atoms with E-state index < -0.39 is 50.6 Å². The van der Waals surface area contributed by atoms with Gasteiger partial charge >= 0.3 is 18.5 Å². The SMILES string of the molecule is C[C@H](NS(=O)(=O)c1ccc(-c2sc(-c3noc(CC(C)(C)C(=O)O)n3)nc2CC2CCC2)c(OC(F)(F)F)c1)C(F)(F)F. The maximum absolute atomic E-state index is 13.4. The Kier molecular flexibility index (Phi) is 8.87. The Morgan fingerprint density at radius 2 is 1.86 bits per heavy atom. The van der Waals surface area contributed by atoms with E-state index in [9.17, 15) is 44.7 Å². The van der Waals surface area contributed by atoms with Gasteiger partial charge in [-0.3, -0.25) is 4.79 Å². The largest absolute Gasteiger partial charge is 0.573 e. The van der Waals surface area contributed by atoms with Crippen LogP contribution >= 0.6 is 11.3 Å². The van der Waals surface area contributed by atoms with Crippen LogP contribution in [0.1, 0.15) is 51.6 Å². The van der Waals surface area contributed by atoms with Crippen molar-refractivity contribution in [1.82, 2.24) is 19.8 Å². The van der Waals surface area contributed by atoms with Gasteiger partial charge in [-0.15, -0.1) is 24.5 Å². The number of sulfonamides is 1. The maximum Gasteiger partial charge on any atom is 0.573 e. The van der Waals surface area contributed by atoms with Crippen molar-refractivity contribution in [2.45, 2.75) is 76.4 Å². The van der Waals surface area contributed by atoms with Gasteiger partial charge in [-0.1, -0.05) is 24.4 Å². The molecule has 0 bridgehead atoms. The summed E-state index contributed by atoms with van der Waals surface area (Å²) >= 11 is 0.874. The quantitative estimate of drug-likeness (QED) is 0.238. The number of hydrogen-bond acceptors (Lipinski definition) is 9. The Hall–Kier alpha value is -3.25. The zero-order chi connectivity index (χ0) is 32.0. The third-order valence-electron chi connectivity index (χ3n) is 6.79. The highest BCUT2D eigenvalue weighted by atomic mass is 32.2. The highest BCUT2D eigenvalue weighted by Crippen LogP contribution is 2.44. The summed E-state index contributed by atoms with van der Waals surface area (Å²) in [5, 5.41) is 13.4. The molecule has 4 rings (SSSR count). The fraction of sp³-hybridized carbons (Fsp3) is 0.520. The lowest BCUT2D eigenvalue weighted by Gasteiger charge is -2.25. The molecule has 0 saturated heterocycles. The molecule has 1 aromatic carbocycles. The van der Waals surface area contributed by atoms with Crippen molar-refractivity contribution in [1.29, 1.82) is 0 Å². The summed E-state index contributed by atoms with van der Waals surface area (Å²) in [4.78, 5) is 19.5. The van der Waals surface area contributed by atoms with Crippen molar-refractivity contribution >= 4 is 27.3 Å². The van der Waals surface area contributed by atoms with Crippen LogP contribution in [0.4, 0.5) is 26.3 Å². The number of carboxylic acid groups (broad SMARTS) is 1. The van der Waals surface area contributed by atoms with Crippen LogP contribution in [0.15, 0.2) is 27.6 Å². The first kappa shape index (κ1) is 32.7. The minimum Gasteiger partial charge on any atom is -0.481 e. The van der Waals surface area contributed by atoms with Crippen LogP contribution < -0.4 is 9.46 Å². The molecule has 1 saturated carbocycles. The molecule has 0 spiro atoms. The lowest BCUT2D eigenvalue weighted by atomic mass is 9.82. The Balaban J connectivity index is 1.78. The van der Waals surface area contributed by atoms with Crippen LogP contribution in [-0.4, -0.2) is 53.2 Å². The van der Waals surface area contributed by atoms with E-state index in [0.29, 0.717) is 25.1 Å². The number of thiazole rings is 1. The predicted octanol–water partition coefficient (Wildman–Crippen LogP) is 5.98. The van der Waals surface area contributed by atoms with E-state index in [1.54, 1.807) is 0 Å². The zero-order valence-electron chi connectivity index (χ0n) is 22.8. The molecule has 3 aromatic rings. The van der Waals surface area contributed by atoms with Gasteiger partial charge in [0.25, 0.3) is 0 Å². The summed E-state index contributed by atoms with van der Waals surface area (Å²) in [5.74, 6) is -1.92. The average molecular weight is 657 g/mol. The van der Waals surface area contributed by atoms with Gasteiger partial charge in [0.1, 0.15) is 11.8 Å². The number of aromatic nitrogens is 3. The van der Waals surface area contributed by atoms with E-state index in [0.717, 1.165) is 42.7 Å². The van der Waals surface area contributed by atoms with Gasteiger partial charge in [0.05, 0.1) is 20.9 Å². The summed E-state index contributed by atoms with van der Waals surface area (Å²) in [5.41, 5.74) is -1.08. The summed E-state index contributed by atoms with van der Waals surface area (Å²) in [6.45, 7) is 3.47. The number of alkyl halides is 6. The second kappa shape index (κ2) is 11.7. The summed E-state index contributed by atoms with van der Waals surface area (Å²) in [6, 6.07) is -0.131. The fourth-order valence-electron chi connectivity index (χ4n) is 4.07. The predicted molar refractivity (Wildman–Crippen MR) is 140 cm³/mol. The molecule has 236 valence electrons. The van der Waals surface area contributed by atoms with Gasteiger partial charge in [0.15, 0.2) is 5.01 Å². The average Bonchev–Trinajstić information content (AvgIpc) is 3.46. The molecule has 1 atom stereocenters. The van der Waals surface area contributed by atoms with Crippen molar-refractivity contribution in [3.05, 3.63) is 29.8 Å². The number of rotatable bonds is 11. The van der Waals surface area contributed by atoms with Crippen LogP contribution in [0.25, 0.3) is 21.3 Å². The van der Waals surface area contributed by atoms with E-state index in [4.69, 9.17) is 4.52 Å². The molecule has 2 heterocycles. The molecular formula is C25H26F6N4O6S2. The molecule has 0 unspecified atom stereocenters. The van der Waals surface area contributed by atoms with Gasteiger partial charge in [-0.25, -0.2) is 13.4 Å². The third kappa shape index (κ3) is 7.83. The van der Waals surface area contributed by atoms with Crippen molar-refractivity contribution < 1.29 is 53.9 Å². The topological polar surface area (TPSA) is 145 Å². The van der Waals surface area contributed by atoms with Crippen LogP contribution in [0.2, 0.25) is 0 Å². The first-order chi connectivity index (χ1) is 19.7. The van der Waals surface area contributed by atoms with Crippen molar-refractivity contribution in [3.8, 4) is 27.0 Å². The number of halogens is 6. The fourth-order valence-corrected chi connectivity index (χ4v) is 6.36. The number of aliphatic carboxylic acids is 1. The molecule has 1 aliphatic carbocycles. The van der Waals surface area contributed by atoms with E-state index in [-0.39, 0.29) is 39.5 Å². The first-order valence-electron chi connectivity index (χ1n) is 12.8. The van der Waals surface area contributed by atoms with E-state index >= 15 is 0 Å². The summed E-state index contributed by atoms with van der Waals surface area (Å²) in [6.07, 6.45) is -7.29. The number of ether oxygens (including phenoxy) is 1. The van der Waals surface area contributed by atoms with Crippen LogP contribution in [0.5, 0.6) is 5.75 Å². The van der Waals surface area contributed by atoms with Gasteiger partial charge in [-0.2, -0.15) is 22.9 Å². The lowest BCUT2D eigenvalue weighted by molar-refractivity contribution is -0.274. The molecule has 0 radical (unpaired) electrons. The minimum absolute atomic E-state index is 0.00377. The van der Waals surface area contributed by atoms with E-state index in [1.807, 2.05) is 0 Å². The second-order valence-corrected chi connectivity index (χ2v) is 13.5. The number of benzene rings is 1. The molecule has 2 aromatic heterocycles.